The summed E-state index contributed by atoms with van der Waals surface area (Å²) in [7, 11) is 1.09. The molecule has 2 aliphatic rings. The third-order valence-corrected chi connectivity index (χ3v) is 5.49. The van der Waals surface area contributed by atoms with E-state index >= 15 is 0 Å². The maximum Gasteiger partial charge on any atom is 0.471 e. The molecule has 1 aromatic rings. The molecule has 2 bridgehead atoms. The van der Waals surface area contributed by atoms with E-state index in [1.165, 1.54) is 0 Å². The zero-order valence-electron chi connectivity index (χ0n) is 14.8. The highest BCUT2D eigenvalue weighted by Crippen LogP contribution is 2.47. The van der Waals surface area contributed by atoms with Gasteiger partial charge >= 0.3 is 12.1 Å². The Morgan fingerprint density at radius 1 is 1.26 bits per heavy atom. The highest BCUT2D eigenvalue weighted by Gasteiger charge is 2.49. The first-order valence-corrected chi connectivity index (χ1v) is 8.64. The van der Waals surface area contributed by atoms with Gasteiger partial charge in [0.1, 0.15) is 0 Å². The van der Waals surface area contributed by atoms with Crippen molar-refractivity contribution in [2.45, 2.75) is 38.0 Å². The summed E-state index contributed by atoms with van der Waals surface area (Å²) in [4.78, 5) is 24.4. The number of benzene rings is 1. The summed E-state index contributed by atoms with van der Waals surface area (Å²) in [6.45, 7) is -0.199. The molecule has 2 saturated carbocycles. The maximum absolute atomic E-state index is 12.6. The Morgan fingerprint density at radius 2 is 1.93 bits per heavy atom. The van der Waals surface area contributed by atoms with Crippen molar-refractivity contribution in [3.8, 4) is 0 Å². The molecule has 4 atom stereocenters. The molecule has 27 heavy (non-hydrogen) atoms. The SMILES string of the molecule is CN(Cc1cccc(NC(=O)C2C3CCC(C3)C2N)c1)C(=O)C(F)(F)F.Cl. The van der Waals surface area contributed by atoms with Gasteiger partial charge in [-0.15, -0.1) is 12.4 Å². The van der Waals surface area contributed by atoms with E-state index in [2.05, 4.69) is 5.32 Å². The number of hydrogen-bond acceptors (Lipinski definition) is 3. The third kappa shape index (κ3) is 4.55. The van der Waals surface area contributed by atoms with Gasteiger partial charge in [-0.1, -0.05) is 12.1 Å². The second kappa shape index (κ2) is 8.06. The molecule has 0 heterocycles. The molecule has 2 amide bonds. The number of fused-ring (bicyclic) bond motifs is 2. The first-order chi connectivity index (χ1) is 12.2. The van der Waals surface area contributed by atoms with Crippen LogP contribution in [0.2, 0.25) is 0 Å². The largest absolute Gasteiger partial charge is 0.471 e. The molecule has 4 unspecified atom stereocenters. The Balaban J connectivity index is 0.00000261. The molecule has 3 rings (SSSR count). The van der Waals surface area contributed by atoms with Crippen molar-refractivity contribution < 1.29 is 22.8 Å². The van der Waals surface area contributed by atoms with Gasteiger partial charge in [0.15, 0.2) is 0 Å². The lowest BCUT2D eigenvalue weighted by Gasteiger charge is -2.27. The molecule has 1 aromatic carbocycles. The van der Waals surface area contributed by atoms with Crippen molar-refractivity contribution in [1.29, 1.82) is 0 Å². The summed E-state index contributed by atoms with van der Waals surface area (Å²) in [6.07, 6.45) is -1.83. The fraction of sp³-hybridized carbons (Fsp3) is 0.556. The van der Waals surface area contributed by atoms with Crippen LogP contribution in [-0.4, -0.2) is 36.0 Å². The summed E-state index contributed by atoms with van der Waals surface area (Å²) in [5, 5.41) is 2.83. The van der Waals surface area contributed by atoms with Gasteiger partial charge < -0.3 is 16.0 Å². The molecule has 0 spiro atoms. The minimum atomic E-state index is -4.90. The monoisotopic (exact) mass is 405 g/mol. The van der Waals surface area contributed by atoms with Crippen LogP contribution in [-0.2, 0) is 16.1 Å². The highest BCUT2D eigenvalue weighted by molar-refractivity contribution is 5.93. The van der Waals surface area contributed by atoms with E-state index in [1.807, 2.05) is 0 Å². The van der Waals surface area contributed by atoms with Gasteiger partial charge in [-0.25, -0.2) is 0 Å². The number of carbonyl (C=O) groups excluding carboxylic acids is 2. The summed E-state index contributed by atoms with van der Waals surface area (Å²) < 4.78 is 37.4. The molecule has 9 heteroatoms. The summed E-state index contributed by atoms with van der Waals surface area (Å²) in [6, 6.07) is 6.37. The molecule has 2 aliphatic carbocycles. The van der Waals surface area contributed by atoms with Crippen molar-refractivity contribution in [2.75, 3.05) is 12.4 Å². The molecule has 0 aromatic heterocycles. The number of carbonyl (C=O) groups is 2. The van der Waals surface area contributed by atoms with Gasteiger partial charge in [0.05, 0.1) is 5.92 Å². The van der Waals surface area contributed by atoms with E-state index in [9.17, 15) is 22.8 Å². The van der Waals surface area contributed by atoms with Crippen LogP contribution in [0.15, 0.2) is 24.3 Å². The fourth-order valence-corrected chi connectivity index (χ4v) is 4.26. The lowest BCUT2D eigenvalue weighted by Crippen LogP contribution is -2.42. The van der Waals surface area contributed by atoms with Crippen LogP contribution >= 0.6 is 12.4 Å². The van der Waals surface area contributed by atoms with Crippen LogP contribution in [0.4, 0.5) is 18.9 Å². The fourth-order valence-electron chi connectivity index (χ4n) is 4.26. The Bertz CT molecular complexity index is 711. The zero-order valence-corrected chi connectivity index (χ0v) is 15.6. The number of alkyl halides is 3. The van der Waals surface area contributed by atoms with Crippen molar-refractivity contribution in [3.05, 3.63) is 29.8 Å². The van der Waals surface area contributed by atoms with E-state index < -0.39 is 12.1 Å². The van der Waals surface area contributed by atoms with Gasteiger partial charge in [0, 0.05) is 25.3 Å². The molecule has 3 N–H and O–H groups in total. The van der Waals surface area contributed by atoms with Crippen molar-refractivity contribution in [1.82, 2.24) is 4.90 Å². The maximum atomic E-state index is 12.6. The number of hydrogen-bond donors (Lipinski definition) is 2. The summed E-state index contributed by atoms with van der Waals surface area (Å²) in [5.41, 5.74) is 7.17. The molecular formula is C18H23ClF3N3O2. The minimum Gasteiger partial charge on any atom is -0.334 e. The van der Waals surface area contributed by atoms with Crippen molar-refractivity contribution in [3.63, 3.8) is 0 Å². The summed E-state index contributed by atoms with van der Waals surface area (Å²) >= 11 is 0. The van der Waals surface area contributed by atoms with E-state index in [4.69, 9.17) is 5.73 Å². The van der Waals surface area contributed by atoms with Gasteiger partial charge in [-0.3, -0.25) is 9.59 Å². The lowest BCUT2D eigenvalue weighted by atomic mass is 9.84. The predicted molar refractivity (Wildman–Crippen MR) is 97.1 cm³/mol. The quantitative estimate of drug-likeness (QED) is 0.808. The third-order valence-electron chi connectivity index (χ3n) is 5.49. The average Bonchev–Trinajstić information content (AvgIpc) is 3.14. The molecule has 5 nitrogen and oxygen atoms in total. The van der Waals surface area contributed by atoms with Crippen molar-refractivity contribution in [2.24, 2.45) is 23.5 Å². The molecule has 150 valence electrons. The van der Waals surface area contributed by atoms with Crippen LogP contribution in [0.3, 0.4) is 0 Å². The second-order valence-electron chi connectivity index (χ2n) is 7.28. The van der Waals surface area contributed by atoms with Crippen LogP contribution in [0.1, 0.15) is 24.8 Å². The smallest absolute Gasteiger partial charge is 0.334 e. The molecule has 0 saturated heterocycles. The predicted octanol–water partition coefficient (Wildman–Crippen LogP) is 2.94. The molecule has 2 fully saturated rings. The topological polar surface area (TPSA) is 75.4 Å². The average molecular weight is 406 g/mol. The van der Waals surface area contributed by atoms with Crippen molar-refractivity contribution >= 4 is 29.9 Å². The lowest BCUT2D eigenvalue weighted by molar-refractivity contribution is -0.184. The minimum absolute atomic E-state index is 0. The van der Waals surface area contributed by atoms with Crippen LogP contribution < -0.4 is 11.1 Å². The Morgan fingerprint density at radius 3 is 2.52 bits per heavy atom. The second-order valence-corrected chi connectivity index (χ2v) is 7.28. The van der Waals surface area contributed by atoms with E-state index in [0.29, 0.717) is 28.0 Å². The molecule has 0 radical (unpaired) electrons. The number of nitrogens with one attached hydrogen (secondary N) is 1. The zero-order chi connectivity index (χ0) is 19.1. The number of nitrogens with zero attached hydrogens (tertiary/aromatic N) is 1. The van der Waals surface area contributed by atoms with Crippen LogP contribution in [0.5, 0.6) is 0 Å². The van der Waals surface area contributed by atoms with Gasteiger partial charge in [-0.05, 0) is 48.8 Å². The highest BCUT2D eigenvalue weighted by atomic mass is 35.5. The first-order valence-electron chi connectivity index (χ1n) is 8.64. The first kappa shape index (κ1) is 21.5. The van der Waals surface area contributed by atoms with Crippen LogP contribution in [0, 0.1) is 17.8 Å². The number of amides is 2. The number of nitrogens with two attached hydrogens (primary N) is 1. The van der Waals surface area contributed by atoms with Crippen LogP contribution in [0.25, 0.3) is 0 Å². The van der Waals surface area contributed by atoms with Gasteiger partial charge in [0.2, 0.25) is 5.91 Å². The van der Waals surface area contributed by atoms with E-state index in [-0.39, 0.29) is 36.8 Å². The standard InChI is InChI=1S/C18H22F3N3O2.ClH/c1-24(17(26)18(19,20)21)9-10-3-2-4-13(7-10)23-16(25)14-11-5-6-12(8-11)15(14)22;/h2-4,7,11-12,14-15H,5-6,8-9,22H2,1H3,(H,23,25);1H. The number of halogens is 4. The van der Waals surface area contributed by atoms with Gasteiger partial charge in [0.25, 0.3) is 0 Å². The molecular weight excluding hydrogens is 383 g/mol. The Kier molecular flexibility index (Phi) is 6.42. The van der Waals surface area contributed by atoms with Gasteiger partial charge in [-0.2, -0.15) is 13.2 Å². The Labute approximate surface area is 161 Å². The number of anilines is 1. The summed E-state index contributed by atoms with van der Waals surface area (Å²) in [5.74, 6) is -1.54. The molecule has 0 aliphatic heterocycles. The number of rotatable bonds is 4. The van der Waals surface area contributed by atoms with E-state index in [1.54, 1.807) is 24.3 Å². The van der Waals surface area contributed by atoms with E-state index in [0.717, 1.165) is 26.3 Å². The normalized spacial score (nSPS) is 26.4. The Hall–Kier alpha value is -1.80.